The quantitative estimate of drug-likeness (QED) is 0.663. The Labute approximate surface area is 126 Å². The highest BCUT2D eigenvalue weighted by Gasteiger charge is 2.21. The van der Waals surface area contributed by atoms with Gasteiger partial charge in [-0.25, -0.2) is 0 Å². The summed E-state index contributed by atoms with van der Waals surface area (Å²) in [5.41, 5.74) is 1.19. The van der Waals surface area contributed by atoms with Gasteiger partial charge in [0.1, 0.15) is 0 Å². The highest BCUT2D eigenvalue weighted by atomic mass is 35.5. The van der Waals surface area contributed by atoms with E-state index in [-0.39, 0.29) is 5.38 Å². The molecule has 0 aliphatic heterocycles. The van der Waals surface area contributed by atoms with Gasteiger partial charge in [0.15, 0.2) is 11.5 Å². The highest BCUT2D eigenvalue weighted by molar-refractivity contribution is 6.21. The van der Waals surface area contributed by atoms with E-state index in [1.165, 1.54) is 31.2 Å². The average Bonchev–Trinajstić information content (AvgIpc) is 2.69. The zero-order valence-corrected chi connectivity index (χ0v) is 13.1. The van der Waals surface area contributed by atoms with Crippen LogP contribution >= 0.6 is 11.6 Å². The fraction of sp³-hybridized carbons (Fsp3) is 0.625. The Morgan fingerprint density at radius 3 is 2.60 bits per heavy atom. The van der Waals surface area contributed by atoms with Gasteiger partial charge in [-0.15, -0.1) is 11.6 Å². The van der Waals surface area contributed by atoms with Gasteiger partial charge in [-0.1, -0.05) is 25.3 Å². The van der Waals surface area contributed by atoms with E-state index in [2.05, 4.69) is 11.4 Å². The molecule has 0 heterocycles. The van der Waals surface area contributed by atoms with E-state index in [1.54, 1.807) is 14.2 Å². The molecule has 0 bridgehead atoms. The van der Waals surface area contributed by atoms with Gasteiger partial charge in [-0.3, -0.25) is 0 Å². The zero-order valence-electron chi connectivity index (χ0n) is 12.3. The van der Waals surface area contributed by atoms with Gasteiger partial charge >= 0.3 is 0 Å². The molecule has 0 saturated heterocycles. The molecule has 1 aliphatic carbocycles. The number of alkyl halides is 1. The van der Waals surface area contributed by atoms with E-state index < -0.39 is 0 Å². The lowest BCUT2D eigenvalue weighted by Crippen LogP contribution is -2.35. The molecule has 4 heteroatoms. The first-order valence-corrected chi connectivity index (χ1v) is 7.76. The van der Waals surface area contributed by atoms with Crippen LogP contribution in [-0.2, 0) is 6.54 Å². The van der Waals surface area contributed by atoms with E-state index in [4.69, 9.17) is 21.1 Å². The summed E-state index contributed by atoms with van der Waals surface area (Å²) in [7, 11) is 3.31. The van der Waals surface area contributed by atoms with Gasteiger partial charge in [0.25, 0.3) is 0 Å². The molecular weight excluding hydrogens is 274 g/mol. The first-order chi connectivity index (χ1) is 9.74. The van der Waals surface area contributed by atoms with E-state index in [9.17, 15) is 0 Å². The predicted molar refractivity (Wildman–Crippen MR) is 82.9 cm³/mol. The summed E-state index contributed by atoms with van der Waals surface area (Å²) in [6, 6.07) is 6.44. The van der Waals surface area contributed by atoms with Crippen LogP contribution in [-0.4, -0.2) is 25.6 Å². The van der Waals surface area contributed by atoms with Crippen molar-refractivity contribution in [3.63, 3.8) is 0 Å². The van der Waals surface area contributed by atoms with Gasteiger partial charge in [-0.05, 0) is 30.5 Å². The highest BCUT2D eigenvalue weighted by Crippen LogP contribution is 2.28. The Bertz CT molecular complexity index is 425. The molecule has 2 rings (SSSR count). The van der Waals surface area contributed by atoms with Crippen LogP contribution in [0.4, 0.5) is 0 Å². The van der Waals surface area contributed by atoms with E-state index in [1.807, 2.05) is 12.1 Å². The molecule has 20 heavy (non-hydrogen) atoms. The monoisotopic (exact) mass is 297 g/mol. The Morgan fingerprint density at radius 2 is 1.85 bits per heavy atom. The maximum Gasteiger partial charge on any atom is 0.161 e. The minimum atomic E-state index is 0.248. The number of ether oxygens (including phenoxy) is 2. The third-order valence-electron chi connectivity index (χ3n) is 3.95. The normalized spacial score (nSPS) is 23.1. The molecular formula is C16H24ClNO2. The van der Waals surface area contributed by atoms with Crippen LogP contribution < -0.4 is 14.8 Å². The van der Waals surface area contributed by atoms with Crippen LogP contribution in [0.3, 0.4) is 0 Å². The van der Waals surface area contributed by atoms with E-state index in [0.29, 0.717) is 6.04 Å². The molecule has 1 aromatic rings. The van der Waals surface area contributed by atoms with E-state index >= 15 is 0 Å². The van der Waals surface area contributed by atoms with Crippen molar-refractivity contribution < 1.29 is 9.47 Å². The van der Waals surface area contributed by atoms with Gasteiger partial charge < -0.3 is 14.8 Å². The summed E-state index contributed by atoms with van der Waals surface area (Å²) in [5.74, 6) is 1.54. The third-order valence-corrected chi connectivity index (χ3v) is 4.47. The zero-order chi connectivity index (χ0) is 14.4. The smallest absolute Gasteiger partial charge is 0.161 e. The standard InChI is InChI=1S/C16H24ClNO2/c1-19-15-9-8-12(10-16(15)20-2)11-18-14-7-5-3-4-6-13(14)17/h8-10,13-14,18H,3-7,11H2,1-2H3. The molecule has 1 aliphatic rings. The van der Waals surface area contributed by atoms with Gasteiger partial charge in [0, 0.05) is 18.0 Å². The van der Waals surface area contributed by atoms with Crippen molar-refractivity contribution >= 4 is 11.6 Å². The second-order valence-corrected chi connectivity index (χ2v) is 5.89. The van der Waals surface area contributed by atoms with Crippen molar-refractivity contribution in [1.82, 2.24) is 5.32 Å². The van der Waals surface area contributed by atoms with Crippen LogP contribution in [0.2, 0.25) is 0 Å². The minimum Gasteiger partial charge on any atom is -0.493 e. The number of nitrogens with one attached hydrogen (secondary N) is 1. The molecule has 0 amide bonds. The number of hydrogen-bond donors (Lipinski definition) is 1. The topological polar surface area (TPSA) is 30.5 Å². The van der Waals surface area contributed by atoms with Crippen molar-refractivity contribution in [3.8, 4) is 11.5 Å². The largest absolute Gasteiger partial charge is 0.493 e. The molecule has 0 spiro atoms. The first-order valence-electron chi connectivity index (χ1n) is 7.33. The van der Waals surface area contributed by atoms with Crippen molar-refractivity contribution in [3.05, 3.63) is 23.8 Å². The average molecular weight is 298 g/mol. The second-order valence-electron chi connectivity index (χ2n) is 5.33. The van der Waals surface area contributed by atoms with Gasteiger partial charge in [0.2, 0.25) is 0 Å². The number of rotatable bonds is 5. The fourth-order valence-electron chi connectivity index (χ4n) is 2.73. The fourth-order valence-corrected chi connectivity index (χ4v) is 3.10. The van der Waals surface area contributed by atoms with Crippen LogP contribution in [0, 0.1) is 0 Å². The molecule has 1 N–H and O–H groups in total. The second kappa shape index (κ2) is 7.75. The van der Waals surface area contributed by atoms with Crippen LogP contribution in [0.1, 0.15) is 37.7 Å². The molecule has 1 saturated carbocycles. The molecule has 1 fully saturated rings. The number of benzene rings is 1. The maximum absolute atomic E-state index is 6.45. The predicted octanol–water partition coefficient (Wildman–Crippen LogP) is 3.73. The summed E-state index contributed by atoms with van der Waals surface area (Å²) in [4.78, 5) is 0. The maximum atomic E-state index is 6.45. The summed E-state index contributed by atoms with van der Waals surface area (Å²) in [5, 5.41) is 3.84. The summed E-state index contributed by atoms with van der Waals surface area (Å²) in [6.45, 7) is 0.814. The molecule has 0 radical (unpaired) electrons. The lowest BCUT2D eigenvalue weighted by molar-refractivity contribution is 0.354. The molecule has 2 atom stereocenters. The minimum absolute atomic E-state index is 0.248. The van der Waals surface area contributed by atoms with Gasteiger partial charge in [-0.2, -0.15) is 0 Å². The Balaban J connectivity index is 1.96. The molecule has 1 aromatic carbocycles. The van der Waals surface area contributed by atoms with Gasteiger partial charge in [0.05, 0.1) is 14.2 Å². The summed E-state index contributed by atoms with van der Waals surface area (Å²) < 4.78 is 10.6. The van der Waals surface area contributed by atoms with Crippen LogP contribution in [0.25, 0.3) is 0 Å². The Kier molecular flexibility index (Phi) is 5.99. The SMILES string of the molecule is COc1ccc(CNC2CCCCCC2Cl)cc1OC. The van der Waals surface area contributed by atoms with Crippen molar-refractivity contribution in [2.24, 2.45) is 0 Å². The first kappa shape index (κ1) is 15.5. The summed E-state index contributed by atoms with van der Waals surface area (Å²) >= 11 is 6.45. The van der Waals surface area contributed by atoms with Crippen molar-refractivity contribution in [2.45, 2.75) is 50.1 Å². The summed E-state index contributed by atoms with van der Waals surface area (Å²) in [6.07, 6.45) is 6.11. The molecule has 112 valence electrons. The van der Waals surface area contributed by atoms with Crippen molar-refractivity contribution in [2.75, 3.05) is 14.2 Å². The lowest BCUT2D eigenvalue weighted by Gasteiger charge is -2.21. The molecule has 2 unspecified atom stereocenters. The molecule has 0 aromatic heterocycles. The number of halogens is 1. The number of methoxy groups -OCH3 is 2. The molecule has 3 nitrogen and oxygen atoms in total. The number of hydrogen-bond acceptors (Lipinski definition) is 3. The van der Waals surface area contributed by atoms with Crippen LogP contribution in [0.15, 0.2) is 18.2 Å². The Morgan fingerprint density at radius 1 is 1.10 bits per heavy atom. The van der Waals surface area contributed by atoms with E-state index in [0.717, 1.165) is 24.5 Å². The lowest BCUT2D eigenvalue weighted by atomic mass is 10.1. The van der Waals surface area contributed by atoms with Crippen molar-refractivity contribution in [1.29, 1.82) is 0 Å². The van der Waals surface area contributed by atoms with Crippen LogP contribution in [0.5, 0.6) is 11.5 Å². The third kappa shape index (κ3) is 4.03. The Hall–Kier alpha value is -0.930.